The second-order valence-electron chi connectivity index (χ2n) is 7.16. The maximum absolute atomic E-state index is 14.0. The average Bonchev–Trinajstić information content (AvgIpc) is 3.16. The van der Waals surface area contributed by atoms with E-state index in [1.54, 1.807) is 49.4 Å². The Kier molecular flexibility index (Phi) is 5.92. The van der Waals surface area contributed by atoms with Gasteiger partial charge in [0, 0.05) is 16.5 Å². The lowest BCUT2D eigenvalue weighted by Gasteiger charge is -2.14. The number of nitrogens with two attached hydrogens (primary N) is 2. The Labute approximate surface area is 194 Å². The van der Waals surface area contributed by atoms with Crippen LogP contribution in [-0.2, 0) is 10.0 Å². The van der Waals surface area contributed by atoms with Gasteiger partial charge in [0.15, 0.2) is 0 Å². The molecule has 1 heterocycles. The van der Waals surface area contributed by atoms with Gasteiger partial charge >= 0.3 is 0 Å². The number of aromatic nitrogens is 1. The summed E-state index contributed by atoms with van der Waals surface area (Å²) in [5.74, 6) is -0.872. The van der Waals surface area contributed by atoms with E-state index >= 15 is 0 Å². The number of hydrogen-bond donors (Lipinski definition) is 2. The number of halogens is 2. The van der Waals surface area contributed by atoms with E-state index in [2.05, 4.69) is 10.2 Å². The molecule has 0 aliphatic rings. The molecule has 168 valence electrons. The highest BCUT2D eigenvalue weighted by Crippen LogP contribution is 2.38. The average molecular weight is 484 g/mol. The van der Waals surface area contributed by atoms with Crippen molar-refractivity contribution in [3.63, 3.8) is 0 Å². The number of hydrogen-bond acceptors (Lipinski definition) is 4. The van der Waals surface area contributed by atoms with Gasteiger partial charge in [0.2, 0.25) is 5.96 Å². The van der Waals surface area contributed by atoms with E-state index in [1.165, 1.54) is 34.3 Å². The molecule has 33 heavy (non-hydrogen) atoms. The van der Waals surface area contributed by atoms with E-state index in [0.29, 0.717) is 27.7 Å². The molecule has 4 N–H and O–H groups in total. The van der Waals surface area contributed by atoms with Gasteiger partial charge in [-0.2, -0.15) is 5.10 Å². The van der Waals surface area contributed by atoms with Gasteiger partial charge < -0.3 is 11.5 Å². The van der Waals surface area contributed by atoms with Crippen LogP contribution in [0.1, 0.15) is 12.5 Å². The van der Waals surface area contributed by atoms with Crippen LogP contribution in [0.2, 0.25) is 5.02 Å². The van der Waals surface area contributed by atoms with Crippen molar-refractivity contribution in [1.82, 2.24) is 3.97 Å². The predicted molar refractivity (Wildman–Crippen MR) is 129 cm³/mol. The van der Waals surface area contributed by atoms with Gasteiger partial charge in [-0.1, -0.05) is 48.0 Å². The van der Waals surface area contributed by atoms with Crippen LogP contribution in [0.15, 0.2) is 87.9 Å². The van der Waals surface area contributed by atoms with Gasteiger partial charge in [0.25, 0.3) is 10.0 Å². The van der Waals surface area contributed by atoms with Crippen molar-refractivity contribution in [1.29, 1.82) is 0 Å². The molecular formula is C23H19ClFN5O2S. The zero-order valence-electron chi connectivity index (χ0n) is 17.4. The van der Waals surface area contributed by atoms with Crippen LogP contribution in [0, 0.1) is 5.82 Å². The monoisotopic (exact) mass is 483 g/mol. The maximum Gasteiger partial charge on any atom is 0.268 e. The molecule has 0 bridgehead atoms. The molecule has 0 fully saturated rings. The molecule has 4 aromatic rings. The fourth-order valence-corrected chi connectivity index (χ4v) is 5.36. The number of rotatable bonds is 5. The summed E-state index contributed by atoms with van der Waals surface area (Å²) in [5.41, 5.74) is 12.7. The lowest BCUT2D eigenvalue weighted by atomic mass is 10.0. The summed E-state index contributed by atoms with van der Waals surface area (Å²) in [6.45, 7) is 1.66. The summed E-state index contributed by atoms with van der Waals surface area (Å²) in [7, 11) is -4.07. The Balaban J connectivity index is 2.19. The first-order valence-electron chi connectivity index (χ1n) is 9.75. The first-order valence-corrected chi connectivity index (χ1v) is 11.6. The van der Waals surface area contributed by atoms with Crippen LogP contribution in [0.3, 0.4) is 0 Å². The molecule has 0 amide bonds. The Morgan fingerprint density at radius 3 is 2.30 bits per heavy atom. The minimum absolute atomic E-state index is 0.0885. The van der Waals surface area contributed by atoms with Crippen molar-refractivity contribution >= 4 is 44.2 Å². The van der Waals surface area contributed by atoms with Crippen LogP contribution in [0.25, 0.3) is 22.2 Å². The van der Waals surface area contributed by atoms with Crippen LogP contribution >= 0.6 is 11.6 Å². The van der Waals surface area contributed by atoms with Crippen molar-refractivity contribution in [3.8, 4) is 11.3 Å². The van der Waals surface area contributed by atoms with Crippen LogP contribution in [0.5, 0.6) is 0 Å². The molecule has 0 atom stereocenters. The third kappa shape index (κ3) is 4.08. The number of para-hydroxylation sites is 1. The fraction of sp³-hybridized carbons (Fsp3) is 0.0435. The number of nitrogens with zero attached hydrogens (tertiary/aromatic N) is 3. The third-order valence-electron chi connectivity index (χ3n) is 4.98. The molecule has 0 radical (unpaired) electrons. The van der Waals surface area contributed by atoms with Crippen molar-refractivity contribution in [2.45, 2.75) is 11.8 Å². The Morgan fingerprint density at radius 2 is 1.64 bits per heavy atom. The second kappa shape index (κ2) is 8.68. The predicted octanol–water partition coefficient (Wildman–Crippen LogP) is 4.34. The summed E-state index contributed by atoms with van der Waals surface area (Å²) in [6.07, 6.45) is 0. The van der Waals surface area contributed by atoms with E-state index in [1.807, 2.05) is 0 Å². The zero-order chi connectivity index (χ0) is 23.8. The van der Waals surface area contributed by atoms with E-state index in [0.717, 1.165) is 0 Å². The molecule has 7 nitrogen and oxygen atoms in total. The molecule has 0 spiro atoms. The van der Waals surface area contributed by atoms with E-state index in [4.69, 9.17) is 23.1 Å². The molecule has 0 aliphatic heterocycles. The Hall–Kier alpha value is -3.69. The standard InChI is InChI=1S/C23H19ClFN5O2S/c1-14(28-29-23(26)27)21-17-9-5-6-10-20(17)30(33(31,32)16-7-3-2-4-8-16)22(21)15-11-12-19(25)18(24)13-15/h2-13H,1H3,(H4,26,27,29). The lowest BCUT2D eigenvalue weighted by Crippen LogP contribution is -2.22. The Bertz CT molecular complexity index is 1530. The number of guanidine groups is 1. The highest BCUT2D eigenvalue weighted by atomic mass is 35.5. The van der Waals surface area contributed by atoms with Crippen molar-refractivity contribution < 1.29 is 12.8 Å². The minimum Gasteiger partial charge on any atom is -0.369 e. The Morgan fingerprint density at radius 1 is 0.970 bits per heavy atom. The van der Waals surface area contributed by atoms with E-state index in [-0.39, 0.29) is 21.6 Å². The highest BCUT2D eigenvalue weighted by Gasteiger charge is 2.29. The molecular weight excluding hydrogens is 465 g/mol. The smallest absolute Gasteiger partial charge is 0.268 e. The molecule has 0 unspecified atom stereocenters. The summed E-state index contributed by atoms with van der Waals surface area (Å²) >= 11 is 6.06. The normalized spacial score (nSPS) is 12.2. The van der Waals surface area contributed by atoms with Gasteiger partial charge in [-0.3, -0.25) is 0 Å². The maximum atomic E-state index is 14.0. The highest BCUT2D eigenvalue weighted by molar-refractivity contribution is 7.90. The molecule has 10 heteroatoms. The molecule has 4 rings (SSSR count). The molecule has 3 aromatic carbocycles. The summed E-state index contributed by atoms with van der Waals surface area (Å²) in [4.78, 5) is 0.0885. The molecule has 0 saturated carbocycles. The number of fused-ring (bicyclic) bond motifs is 1. The molecule has 0 saturated heterocycles. The third-order valence-corrected chi connectivity index (χ3v) is 7.00. The largest absolute Gasteiger partial charge is 0.369 e. The van der Waals surface area contributed by atoms with E-state index in [9.17, 15) is 12.8 Å². The first kappa shape index (κ1) is 22.5. The molecule has 1 aromatic heterocycles. The van der Waals surface area contributed by atoms with Crippen molar-refractivity contribution in [2.75, 3.05) is 0 Å². The van der Waals surface area contributed by atoms with E-state index < -0.39 is 15.8 Å². The van der Waals surface area contributed by atoms with Gasteiger partial charge in [-0.25, -0.2) is 16.8 Å². The summed E-state index contributed by atoms with van der Waals surface area (Å²) in [5, 5.41) is 8.25. The van der Waals surface area contributed by atoms with Crippen molar-refractivity contribution in [2.24, 2.45) is 21.7 Å². The lowest BCUT2D eigenvalue weighted by molar-refractivity contribution is 0.589. The fourth-order valence-electron chi connectivity index (χ4n) is 3.61. The zero-order valence-corrected chi connectivity index (χ0v) is 19.0. The van der Waals surface area contributed by atoms with Gasteiger partial charge in [-0.05, 0) is 43.3 Å². The quantitative estimate of drug-likeness (QED) is 0.249. The van der Waals surface area contributed by atoms with Crippen LogP contribution in [-0.4, -0.2) is 24.1 Å². The SMILES string of the molecule is CC(=NN=C(N)N)c1c(-c2ccc(F)c(Cl)c2)n(S(=O)(=O)c2ccccc2)c2ccccc12. The van der Waals surface area contributed by atoms with Gasteiger partial charge in [0.05, 0.1) is 26.8 Å². The number of benzene rings is 3. The van der Waals surface area contributed by atoms with Crippen LogP contribution < -0.4 is 11.5 Å². The topological polar surface area (TPSA) is 116 Å². The minimum atomic E-state index is -4.07. The first-order chi connectivity index (χ1) is 15.7. The molecule has 0 aliphatic carbocycles. The van der Waals surface area contributed by atoms with Gasteiger partial charge in [-0.15, -0.1) is 5.10 Å². The summed E-state index contributed by atoms with van der Waals surface area (Å²) < 4.78 is 42.9. The second-order valence-corrected chi connectivity index (χ2v) is 9.36. The summed E-state index contributed by atoms with van der Waals surface area (Å²) in [6, 6.07) is 19.0. The van der Waals surface area contributed by atoms with Crippen LogP contribution in [0.4, 0.5) is 4.39 Å². The van der Waals surface area contributed by atoms with Crippen molar-refractivity contribution in [3.05, 3.63) is 89.2 Å². The van der Waals surface area contributed by atoms with Gasteiger partial charge in [0.1, 0.15) is 5.82 Å².